The fourth-order valence-corrected chi connectivity index (χ4v) is 4.29. The summed E-state index contributed by atoms with van der Waals surface area (Å²) in [5.41, 5.74) is 8.13. The molecule has 10 nitrogen and oxygen atoms in total. The topological polar surface area (TPSA) is 127 Å². The van der Waals surface area contributed by atoms with Gasteiger partial charge in [0.1, 0.15) is 12.6 Å². The van der Waals surface area contributed by atoms with Crippen LogP contribution in [0.2, 0.25) is 0 Å². The molecule has 30 heavy (non-hydrogen) atoms. The standard InChI is InChI=1S/C19H20N8O2S/c20-16(28)15-6-12(9-29-15)14-7-21-17(18-22-11-23-27(14)18)25-19-24-13(10-30-19)8-26-4-2-1-3-5-26/h6-7,9-11H,1-5,8H2,(H2,20,28)(H,21,24,25). The van der Waals surface area contributed by atoms with E-state index in [0.29, 0.717) is 22.7 Å². The first-order valence-corrected chi connectivity index (χ1v) is 10.6. The summed E-state index contributed by atoms with van der Waals surface area (Å²) >= 11 is 1.54. The van der Waals surface area contributed by atoms with E-state index in [0.717, 1.165) is 30.5 Å². The van der Waals surface area contributed by atoms with E-state index < -0.39 is 5.91 Å². The van der Waals surface area contributed by atoms with Crippen molar-refractivity contribution in [3.05, 3.63) is 41.7 Å². The molecule has 154 valence electrons. The summed E-state index contributed by atoms with van der Waals surface area (Å²) in [6, 6.07) is 1.56. The van der Waals surface area contributed by atoms with E-state index in [1.54, 1.807) is 16.8 Å². The molecule has 3 N–H and O–H groups in total. The number of nitrogens with two attached hydrogens (primary N) is 1. The van der Waals surface area contributed by atoms with Crippen molar-refractivity contribution in [1.29, 1.82) is 0 Å². The molecule has 11 heteroatoms. The number of furan rings is 1. The van der Waals surface area contributed by atoms with E-state index >= 15 is 0 Å². The van der Waals surface area contributed by atoms with Crippen LogP contribution in [0.1, 0.15) is 35.5 Å². The Morgan fingerprint density at radius 2 is 2.13 bits per heavy atom. The normalized spacial score (nSPS) is 14.9. The third-order valence-electron chi connectivity index (χ3n) is 5.05. The van der Waals surface area contributed by atoms with Crippen LogP contribution < -0.4 is 11.1 Å². The van der Waals surface area contributed by atoms with Gasteiger partial charge in [-0.15, -0.1) is 11.3 Å². The van der Waals surface area contributed by atoms with Crippen LogP contribution in [0.3, 0.4) is 0 Å². The van der Waals surface area contributed by atoms with Gasteiger partial charge >= 0.3 is 0 Å². The number of carbonyl (C=O) groups is 1. The Balaban J connectivity index is 1.38. The first-order valence-electron chi connectivity index (χ1n) is 9.68. The largest absolute Gasteiger partial charge is 0.458 e. The van der Waals surface area contributed by atoms with E-state index in [9.17, 15) is 4.79 Å². The molecular formula is C19H20N8O2S. The number of hydrogen-bond donors (Lipinski definition) is 2. The highest BCUT2D eigenvalue weighted by atomic mass is 32.1. The van der Waals surface area contributed by atoms with Crippen LogP contribution in [0.25, 0.3) is 16.9 Å². The number of carbonyl (C=O) groups excluding carboxylic acids is 1. The van der Waals surface area contributed by atoms with Crippen molar-refractivity contribution < 1.29 is 9.21 Å². The number of rotatable bonds is 6. The molecule has 4 aromatic heterocycles. The summed E-state index contributed by atoms with van der Waals surface area (Å²) in [5, 5.41) is 10.4. The zero-order chi connectivity index (χ0) is 20.5. The van der Waals surface area contributed by atoms with Crippen molar-refractivity contribution in [3.63, 3.8) is 0 Å². The minimum Gasteiger partial charge on any atom is -0.458 e. The monoisotopic (exact) mass is 424 g/mol. The molecule has 0 atom stereocenters. The molecule has 0 radical (unpaired) electrons. The first kappa shape index (κ1) is 18.7. The highest BCUT2D eigenvalue weighted by molar-refractivity contribution is 7.13. The highest BCUT2D eigenvalue weighted by Gasteiger charge is 2.17. The molecule has 1 amide bonds. The number of amides is 1. The molecule has 1 fully saturated rings. The molecule has 1 saturated heterocycles. The number of thiazole rings is 1. The lowest BCUT2D eigenvalue weighted by atomic mass is 10.1. The number of nitrogens with zero attached hydrogens (tertiary/aromatic N) is 6. The van der Waals surface area contributed by atoms with Gasteiger partial charge in [0.25, 0.3) is 5.91 Å². The maximum Gasteiger partial charge on any atom is 0.284 e. The van der Waals surface area contributed by atoms with Gasteiger partial charge in [0.15, 0.2) is 22.4 Å². The Kier molecular flexibility index (Phi) is 4.89. The van der Waals surface area contributed by atoms with Gasteiger partial charge in [-0.2, -0.15) is 5.10 Å². The lowest BCUT2D eigenvalue weighted by Gasteiger charge is -2.25. The van der Waals surface area contributed by atoms with Crippen molar-refractivity contribution in [2.24, 2.45) is 5.73 Å². The summed E-state index contributed by atoms with van der Waals surface area (Å²) in [6.07, 6.45) is 8.37. The Bertz CT molecular complexity index is 1190. The average Bonchev–Trinajstić information content (AvgIpc) is 3.50. The number of aromatic nitrogens is 5. The minimum atomic E-state index is -0.633. The van der Waals surface area contributed by atoms with Crippen molar-refractivity contribution >= 4 is 33.8 Å². The van der Waals surface area contributed by atoms with Crippen molar-refractivity contribution in [1.82, 2.24) is 29.5 Å². The van der Waals surface area contributed by atoms with Gasteiger partial charge in [0, 0.05) is 17.5 Å². The Morgan fingerprint density at radius 3 is 2.93 bits per heavy atom. The Hall–Kier alpha value is -3.31. The number of likely N-dealkylation sites (tertiary alicyclic amines) is 1. The van der Waals surface area contributed by atoms with Crippen LogP contribution in [0.4, 0.5) is 10.9 Å². The van der Waals surface area contributed by atoms with Crippen LogP contribution in [-0.4, -0.2) is 48.5 Å². The van der Waals surface area contributed by atoms with Crippen molar-refractivity contribution in [2.75, 3.05) is 18.4 Å². The zero-order valence-electron chi connectivity index (χ0n) is 16.1. The van der Waals surface area contributed by atoms with Gasteiger partial charge in [0.05, 0.1) is 17.6 Å². The maximum atomic E-state index is 11.3. The SMILES string of the molecule is NC(=O)c1cc(-c2cnc(Nc3nc(CN4CCCCC4)cs3)c3ncnn23)co1. The summed E-state index contributed by atoms with van der Waals surface area (Å²) in [4.78, 5) is 27.3. The first-order chi connectivity index (χ1) is 14.7. The fraction of sp³-hybridized carbons (Fsp3) is 0.316. The van der Waals surface area contributed by atoms with Gasteiger partial charge in [0.2, 0.25) is 0 Å². The van der Waals surface area contributed by atoms with Gasteiger partial charge in [-0.25, -0.2) is 19.5 Å². The fourth-order valence-electron chi connectivity index (χ4n) is 3.59. The minimum absolute atomic E-state index is 0.0736. The lowest BCUT2D eigenvalue weighted by molar-refractivity contribution is 0.0974. The maximum absolute atomic E-state index is 11.3. The predicted molar refractivity (Wildman–Crippen MR) is 112 cm³/mol. The van der Waals surface area contributed by atoms with E-state index in [-0.39, 0.29) is 5.76 Å². The molecule has 0 aromatic carbocycles. The van der Waals surface area contributed by atoms with Gasteiger partial charge < -0.3 is 15.5 Å². The van der Waals surface area contributed by atoms with E-state index in [2.05, 4.69) is 30.7 Å². The molecule has 1 aliphatic heterocycles. The number of anilines is 2. The molecule has 5 heterocycles. The molecule has 0 spiro atoms. The Labute approximate surface area is 175 Å². The summed E-state index contributed by atoms with van der Waals surface area (Å²) in [5.74, 6) is -0.00955. The van der Waals surface area contributed by atoms with Gasteiger partial charge in [-0.3, -0.25) is 9.69 Å². The number of primary amides is 1. The molecule has 4 aromatic rings. The quantitative estimate of drug-likeness (QED) is 0.483. The zero-order valence-corrected chi connectivity index (χ0v) is 16.9. The van der Waals surface area contributed by atoms with Crippen LogP contribution in [0.15, 0.2) is 34.7 Å². The summed E-state index contributed by atoms with van der Waals surface area (Å²) in [7, 11) is 0. The Morgan fingerprint density at radius 1 is 1.27 bits per heavy atom. The number of piperidine rings is 1. The van der Waals surface area contributed by atoms with Gasteiger partial charge in [-0.1, -0.05) is 6.42 Å². The molecule has 0 saturated carbocycles. The average molecular weight is 424 g/mol. The smallest absolute Gasteiger partial charge is 0.284 e. The lowest BCUT2D eigenvalue weighted by Crippen LogP contribution is -2.29. The van der Waals surface area contributed by atoms with Crippen LogP contribution >= 0.6 is 11.3 Å². The van der Waals surface area contributed by atoms with Crippen LogP contribution in [0, 0.1) is 0 Å². The number of fused-ring (bicyclic) bond motifs is 1. The third kappa shape index (κ3) is 3.64. The predicted octanol–water partition coefficient (Wildman–Crippen LogP) is 2.67. The van der Waals surface area contributed by atoms with Crippen LogP contribution in [0.5, 0.6) is 0 Å². The highest BCUT2D eigenvalue weighted by Crippen LogP contribution is 2.27. The second kappa shape index (κ2) is 7.84. The molecular weight excluding hydrogens is 404 g/mol. The van der Waals surface area contributed by atoms with Crippen molar-refractivity contribution in [2.45, 2.75) is 25.8 Å². The van der Waals surface area contributed by atoms with E-state index in [1.165, 1.54) is 43.2 Å². The van der Waals surface area contributed by atoms with Gasteiger partial charge in [-0.05, 0) is 32.0 Å². The molecule has 0 bridgehead atoms. The second-order valence-corrected chi connectivity index (χ2v) is 8.02. The third-order valence-corrected chi connectivity index (χ3v) is 5.86. The summed E-state index contributed by atoms with van der Waals surface area (Å²) in [6.45, 7) is 3.14. The van der Waals surface area contributed by atoms with Crippen LogP contribution in [-0.2, 0) is 6.54 Å². The second-order valence-electron chi connectivity index (χ2n) is 7.16. The molecule has 5 rings (SSSR count). The molecule has 0 aliphatic carbocycles. The molecule has 1 aliphatic rings. The summed E-state index contributed by atoms with van der Waals surface area (Å²) < 4.78 is 6.84. The number of nitrogens with one attached hydrogen (secondary N) is 1. The number of hydrogen-bond acceptors (Lipinski definition) is 9. The molecule has 0 unspecified atom stereocenters. The van der Waals surface area contributed by atoms with Crippen molar-refractivity contribution in [3.8, 4) is 11.3 Å². The van der Waals surface area contributed by atoms with E-state index in [1.807, 2.05) is 0 Å². The van der Waals surface area contributed by atoms with E-state index in [4.69, 9.17) is 15.1 Å².